The van der Waals surface area contributed by atoms with Crippen molar-refractivity contribution in [1.82, 2.24) is 15.1 Å². The number of carbonyl (C=O) groups is 2. The smallest absolute Gasteiger partial charge is 0.410 e. The third-order valence-corrected chi connectivity index (χ3v) is 5.23. The first kappa shape index (κ1) is 18.1. The first-order valence-corrected chi connectivity index (χ1v) is 9.20. The number of likely N-dealkylation sites (tertiary alicyclic amines) is 1. The number of ether oxygens (including phenoxy) is 1. The molecule has 2 fully saturated rings. The molecule has 0 atom stereocenters. The summed E-state index contributed by atoms with van der Waals surface area (Å²) in [4.78, 5) is 27.7. The average molecular weight is 386 g/mol. The Morgan fingerprint density at radius 2 is 2.00 bits per heavy atom. The monoisotopic (exact) mass is 385 g/mol. The minimum atomic E-state index is -0.230. The first-order chi connectivity index (χ1) is 12.0. The van der Waals surface area contributed by atoms with Gasteiger partial charge in [-0.1, -0.05) is 29.3 Å². The molecule has 0 radical (unpaired) electrons. The minimum absolute atomic E-state index is 0.120. The maximum absolute atomic E-state index is 12.3. The Morgan fingerprint density at radius 1 is 1.24 bits per heavy atom. The Bertz CT molecular complexity index is 648. The summed E-state index contributed by atoms with van der Waals surface area (Å²) in [6, 6.07) is 5.25. The quantitative estimate of drug-likeness (QED) is 0.865. The predicted molar refractivity (Wildman–Crippen MR) is 96.0 cm³/mol. The molecule has 0 spiro atoms. The average Bonchev–Trinajstić information content (AvgIpc) is 2.61. The Morgan fingerprint density at radius 3 is 2.68 bits per heavy atom. The normalized spacial score (nSPS) is 18.9. The third-order valence-electron chi connectivity index (χ3n) is 4.64. The number of nitrogens with zero attached hydrogens (tertiary/aromatic N) is 2. The lowest BCUT2D eigenvalue weighted by atomic mass is 10.0. The molecule has 6 nitrogen and oxygen atoms in total. The van der Waals surface area contributed by atoms with E-state index in [1.54, 1.807) is 28.0 Å². The zero-order chi connectivity index (χ0) is 17.8. The Kier molecular flexibility index (Phi) is 5.91. The summed E-state index contributed by atoms with van der Waals surface area (Å²) in [7, 11) is 0. The van der Waals surface area contributed by atoms with Crippen LogP contribution in [0.15, 0.2) is 18.2 Å². The fourth-order valence-electron chi connectivity index (χ4n) is 3.23. The molecular weight excluding hydrogens is 365 g/mol. The molecule has 136 valence electrons. The van der Waals surface area contributed by atoms with Crippen LogP contribution in [0.5, 0.6) is 0 Å². The number of rotatable bonds is 3. The number of benzene rings is 1. The van der Waals surface area contributed by atoms with Gasteiger partial charge in [-0.25, -0.2) is 9.59 Å². The van der Waals surface area contributed by atoms with Crippen LogP contribution in [0.2, 0.25) is 10.0 Å². The molecular formula is C17H21Cl2N3O3. The van der Waals surface area contributed by atoms with Crippen LogP contribution in [0.1, 0.15) is 24.8 Å². The summed E-state index contributed by atoms with van der Waals surface area (Å²) in [6.45, 7) is 2.84. The highest BCUT2D eigenvalue weighted by Crippen LogP contribution is 2.22. The number of carbonyl (C=O) groups excluding carboxylic acids is 2. The number of halogens is 2. The summed E-state index contributed by atoms with van der Waals surface area (Å²) in [5.74, 6) is 0. The number of hydrogen-bond donors (Lipinski definition) is 1. The second-order valence-corrected chi connectivity index (χ2v) is 7.12. The van der Waals surface area contributed by atoms with Gasteiger partial charge < -0.3 is 19.9 Å². The lowest BCUT2D eigenvalue weighted by molar-refractivity contribution is 0.0412. The minimum Gasteiger partial charge on any atom is -0.449 e. The molecule has 2 aliphatic rings. The molecule has 25 heavy (non-hydrogen) atoms. The van der Waals surface area contributed by atoms with Crippen molar-refractivity contribution >= 4 is 35.3 Å². The summed E-state index contributed by atoms with van der Waals surface area (Å²) in [6.07, 6.45) is 2.18. The van der Waals surface area contributed by atoms with E-state index >= 15 is 0 Å². The van der Waals surface area contributed by atoms with Crippen molar-refractivity contribution in [2.75, 3.05) is 26.2 Å². The summed E-state index contributed by atoms with van der Waals surface area (Å²) < 4.78 is 5.10. The summed E-state index contributed by atoms with van der Waals surface area (Å²) in [5.41, 5.74) is 0.824. The van der Waals surface area contributed by atoms with Crippen LogP contribution in [0.3, 0.4) is 0 Å². The topological polar surface area (TPSA) is 61.9 Å². The van der Waals surface area contributed by atoms with E-state index in [1.165, 1.54) is 0 Å². The lowest BCUT2D eigenvalue weighted by Crippen LogP contribution is -2.52. The molecule has 1 aromatic rings. The molecule has 3 amide bonds. The molecule has 0 unspecified atom stereocenters. The highest BCUT2D eigenvalue weighted by molar-refractivity contribution is 6.35. The molecule has 2 saturated heterocycles. The molecule has 1 aromatic carbocycles. The molecule has 0 aromatic heterocycles. The van der Waals surface area contributed by atoms with Gasteiger partial charge >= 0.3 is 12.1 Å². The van der Waals surface area contributed by atoms with Gasteiger partial charge in [-0.3, -0.25) is 0 Å². The predicted octanol–water partition coefficient (Wildman–Crippen LogP) is 3.51. The van der Waals surface area contributed by atoms with Gasteiger partial charge in [0, 0.05) is 42.3 Å². The molecule has 2 heterocycles. The van der Waals surface area contributed by atoms with Crippen LogP contribution in [-0.4, -0.2) is 54.2 Å². The largest absolute Gasteiger partial charge is 0.449 e. The van der Waals surface area contributed by atoms with E-state index in [9.17, 15) is 9.59 Å². The van der Waals surface area contributed by atoms with Crippen LogP contribution in [0.4, 0.5) is 9.59 Å². The van der Waals surface area contributed by atoms with E-state index in [-0.39, 0.29) is 18.2 Å². The Balaban J connectivity index is 1.47. The fourth-order valence-corrected chi connectivity index (χ4v) is 3.70. The second-order valence-electron chi connectivity index (χ2n) is 6.27. The van der Waals surface area contributed by atoms with Crippen LogP contribution in [0.25, 0.3) is 0 Å². The summed E-state index contributed by atoms with van der Waals surface area (Å²) >= 11 is 12.0. The van der Waals surface area contributed by atoms with Crippen molar-refractivity contribution in [3.63, 3.8) is 0 Å². The van der Waals surface area contributed by atoms with Crippen LogP contribution in [0, 0.1) is 0 Å². The standard InChI is InChI=1S/C17H21Cl2N3O3/c18-13-3-2-12(15(19)10-13)11-20-16(23)21-7-4-14(5-8-21)22-6-1-9-25-17(22)24/h2-3,10,14H,1,4-9,11H2,(H,20,23). The lowest BCUT2D eigenvalue weighted by Gasteiger charge is -2.39. The van der Waals surface area contributed by atoms with Gasteiger partial charge in [0.2, 0.25) is 0 Å². The molecule has 0 aliphatic carbocycles. The van der Waals surface area contributed by atoms with E-state index < -0.39 is 0 Å². The Hall–Kier alpha value is -1.66. The number of piperidine rings is 1. The van der Waals surface area contributed by atoms with Crippen molar-refractivity contribution in [3.05, 3.63) is 33.8 Å². The van der Waals surface area contributed by atoms with Crippen LogP contribution >= 0.6 is 23.2 Å². The third kappa shape index (κ3) is 4.50. The first-order valence-electron chi connectivity index (χ1n) is 8.44. The summed E-state index contributed by atoms with van der Waals surface area (Å²) in [5, 5.41) is 3.99. The van der Waals surface area contributed by atoms with Crippen molar-refractivity contribution < 1.29 is 14.3 Å². The maximum atomic E-state index is 12.3. The van der Waals surface area contributed by atoms with Gasteiger partial charge in [-0.15, -0.1) is 0 Å². The van der Waals surface area contributed by atoms with Crippen molar-refractivity contribution in [3.8, 4) is 0 Å². The SMILES string of the molecule is O=C(NCc1ccc(Cl)cc1Cl)N1CCC(N2CCCOC2=O)CC1. The fraction of sp³-hybridized carbons (Fsp3) is 0.529. The molecule has 0 bridgehead atoms. The number of nitrogens with one attached hydrogen (secondary N) is 1. The molecule has 2 aliphatic heterocycles. The van der Waals surface area contributed by atoms with E-state index in [2.05, 4.69) is 5.32 Å². The van der Waals surface area contributed by atoms with E-state index in [0.717, 1.165) is 31.4 Å². The van der Waals surface area contributed by atoms with Crippen molar-refractivity contribution in [2.24, 2.45) is 0 Å². The zero-order valence-corrected chi connectivity index (χ0v) is 15.4. The van der Waals surface area contributed by atoms with Gasteiger partial charge in [-0.2, -0.15) is 0 Å². The number of amides is 3. The van der Waals surface area contributed by atoms with Crippen LogP contribution in [-0.2, 0) is 11.3 Å². The zero-order valence-electron chi connectivity index (χ0n) is 13.8. The second kappa shape index (κ2) is 8.15. The van der Waals surface area contributed by atoms with Crippen LogP contribution < -0.4 is 5.32 Å². The highest BCUT2D eigenvalue weighted by atomic mass is 35.5. The Labute approximate surface area is 157 Å². The highest BCUT2D eigenvalue weighted by Gasteiger charge is 2.31. The molecule has 1 N–H and O–H groups in total. The van der Waals surface area contributed by atoms with Crippen molar-refractivity contribution in [2.45, 2.75) is 31.8 Å². The number of cyclic esters (lactones) is 1. The van der Waals surface area contributed by atoms with E-state index in [4.69, 9.17) is 27.9 Å². The van der Waals surface area contributed by atoms with E-state index in [0.29, 0.717) is 36.3 Å². The van der Waals surface area contributed by atoms with Gasteiger partial charge in [0.05, 0.1) is 6.61 Å². The van der Waals surface area contributed by atoms with E-state index in [1.807, 2.05) is 0 Å². The van der Waals surface area contributed by atoms with Crippen molar-refractivity contribution in [1.29, 1.82) is 0 Å². The maximum Gasteiger partial charge on any atom is 0.410 e. The number of urea groups is 1. The molecule has 0 saturated carbocycles. The van der Waals surface area contributed by atoms with Gasteiger partial charge in [-0.05, 0) is 37.0 Å². The molecule has 8 heteroatoms. The molecule has 3 rings (SSSR count). The number of hydrogen-bond acceptors (Lipinski definition) is 3. The van der Waals surface area contributed by atoms with Gasteiger partial charge in [0.1, 0.15) is 0 Å². The van der Waals surface area contributed by atoms with Gasteiger partial charge in [0.25, 0.3) is 0 Å². The van der Waals surface area contributed by atoms with Gasteiger partial charge in [0.15, 0.2) is 0 Å².